The lowest BCUT2D eigenvalue weighted by Crippen LogP contribution is -2.29. The van der Waals surface area contributed by atoms with E-state index in [1.807, 2.05) is 12.3 Å². The molecule has 1 saturated heterocycles. The van der Waals surface area contributed by atoms with Gasteiger partial charge in [0.2, 0.25) is 0 Å². The van der Waals surface area contributed by atoms with Crippen molar-refractivity contribution in [1.29, 1.82) is 0 Å². The monoisotopic (exact) mass is 409 g/mol. The molecule has 5 aromatic rings. The molecular formula is C24H23N7. The summed E-state index contributed by atoms with van der Waals surface area (Å²) in [5.74, 6) is 0. The topological polar surface area (TPSA) is 99.5 Å². The number of H-pyrrole nitrogens is 2. The molecule has 0 amide bonds. The van der Waals surface area contributed by atoms with Crippen LogP contribution in [0.15, 0.2) is 55.0 Å². The van der Waals surface area contributed by atoms with Gasteiger partial charge in [-0.2, -0.15) is 5.10 Å². The van der Waals surface area contributed by atoms with Crippen LogP contribution in [0.4, 0.5) is 11.4 Å². The number of benzene rings is 1. The van der Waals surface area contributed by atoms with Crippen LogP contribution in [-0.4, -0.2) is 38.2 Å². The molecule has 31 heavy (non-hydrogen) atoms. The van der Waals surface area contributed by atoms with E-state index in [2.05, 4.69) is 60.4 Å². The van der Waals surface area contributed by atoms with Gasteiger partial charge < -0.3 is 15.6 Å². The van der Waals surface area contributed by atoms with Crippen molar-refractivity contribution in [3.05, 3.63) is 55.0 Å². The minimum absolute atomic E-state index is 0.630. The number of nitrogens with zero attached hydrogens (tertiary/aromatic N) is 4. The van der Waals surface area contributed by atoms with Crippen LogP contribution in [0.25, 0.3) is 44.5 Å². The summed E-state index contributed by atoms with van der Waals surface area (Å²) in [5.41, 5.74) is 13.5. The third-order valence-electron chi connectivity index (χ3n) is 6.11. The summed E-state index contributed by atoms with van der Waals surface area (Å²) < 4.78 is 0. The first kappa shape index (κ1) is 17.9. The molecule has 1 aliphatic heterocycles. The number of pyridine rings is 2. The molecule has 0 bridgehead atoms. The minimum Gasteiger partial charge on any atom is -0.397 e. The van der Waals surface area contributed by atoms with Crippen molar-refractivity contribution >= 4 is 33.3 Å². The van der Waals surface area contributed by atoms with Crippen molar-refractivity contribution < 1.29 is 0 Å². The van der Waals surface area contributed by atoms with Crippen LogP contribution in [0.1, 0.15) is 19.3 Å². The molecule has 7 nitrogen and oxygen atoms in total. The summed E-state index contributed by atoms with van der Waals surface area (Å²) in [6.45, 7) is 2.24. The lowest BCUT2D eigenvalue weighted by Gasteiger charge is -2.29. The third kappa shape index (κ3) is 3.09. The van der Waals surface area contributed by atoms with Gasteiger partial charge in [-0.15, -0.1) is 0 Å². The number of aromatic nitrogens is 5. The lowest BCUT2D eigenvalue weighted by molar-refractivity contribution is 0.579. The summed E-state index contributed by atoms with van der Waals surface area (Å²) in [7, 11) is 0. The Bertz CT molecular complexity index is 1390. The SMILES string of the molecule is Nc1cncc(-c2cnc3n[nH]c(-c4cc5c(N6CCCCC6)cccc5[nH]4)c3c2)c1. The molecule has 0 spiro atoms. The highest BCUT2D eigenvalue weighted by Gasteiger charge is 2.17. The number of rotatable bonds is 3. The Balaban J connectivity index is 1.46. The van der Waals surface area contributed by atoms with Crippen LogP contribution >= 0.6 is 0 Å². The fraction of sp³-hybridized carbons (Fsp3) is 0.208. The number of anilines is 2. The van der Waals surface area contributed by atoms with Crippen LogP contribution in [0.5, 0.6) is 0 Å². The fourth-order valence-corrected chi connectivity index (χ4v) is 4.56. The van der Waals surface area contributed by atoms with Crippen LogP contribution in [0.3, 0.4) is 0 Å². The Kier molecular flexibility index (Phi) is 4.12. The Morgan fingerprint density at radius 3 is 2.65 bits per heavy atom. The van der Waals surface area contributed by atoms with Gasteiger partial charge in [-0.25, -0.2) is 4.98 Å². The second kappa shape index (κ2) is 7.12. The zero-order chi connectivity index (χ0) is 20.8. The number of hydrogen-bond acceptors (Lipinski definition) is 5. The van der Waals surface area contributed by atoms with E-state index < -0.39 is 0 Å². The normalized spacial score (nSPS) is 14.5. The highest BCUT2D eigenvalue weighted by atomic mass is 15.2. The molecule has 4 N–H and O–H groups in total. The van der Waals surface area contributed by atoms with Crippen molar-refractivity contribution in [2.24, 2.45) is 0 Å². The molecule has 1 fully saturated rings. The number of aromatic amines is 2. The fourth-order valence-electron chi connectivity index (χ4n) is 4.56. The van der Waals surface area contributed by atoms with Crippen LogP contribution in [-0.2, 0) is 0 Å². The van der Waals surface area contributed by atoms with Crippen molar-refractivity contribution in [2.75, 3.05) is 23.7 Å². The Morgan fingerprint density at radius 2 is 1.77 bits per heavy atom. The van der Waals surface area contributed by atoms with Gasteiger partial charge in [-0.05, 0) is 49.6 Å². The Hall–Kier alpha value is -3.87. The van der Waals surface area contributed by atoms with Gasteiger partial charge in [-0.1, -0.05) is 6.07 Å². The summed E-state index contributed by atoms with van der Waals surface area (Å²) in [4.78, 5) is 14.8. The standard InChI is InChI=1S/C24H23N7/c25-17-9-15(12-26-14-17)16-10-19-23(29-30-24(19)27-13-16)21-11-18-20(28-21)5-4-6-22(18)31-7-2-1-3-8-31/h4-6,9-14,28H,1-3,7-8,25H2,(H,27,29,30). The van der Waals surface area contributed by atoms with Crippen molar-refractivity contribution in [1.82, 2.24) is 25.1 Å². The van der Waals surface area contributed by atoms with Gasteiger partial charge in [0.05, 0.1) is 17.1 Å². The van der Waals surface area contributed by atoms with Crippen LogP contribution in [0, 0.1) is 0 Å². The van der Waals surface area contributed by atoms with Crippen molar-refractivity contribution in [3.63, 3.8) is 0 Å². The quantitative estimate of drug-likeness (QED) is 0.400. The molecule has 1 aliphatic rings. The first-order chi connectivity index (χ1) is 15.3. The number of nitrogen functional groups attached to an aromatic ring is 1. The maximum Gasteiger partial charge on any atom is 0.181 e. The largest absolute Gasteiger partial charge is 0.397 e. The van der Waals surface area contributed by atoms with Gasteiger partial charge in [0, 0.05) is 64.8 Å². The van der Waals surface area contributed by atoms with E-state index in [4.69, 9.17) is 5.73 Å². The molecule has 5 heterocycles. The Labute approximate surface area is 179 Å². The second-order valence-corrected chi connectivity index (χ2v) is 8.17. The van der Waals surface area contributed by atoms with Gasteiger partial charge in [0.25, 0.3) is 0 Å². The smallest absolute Gasteiger partial charge is 0.181 e. The van der Waals surface area contributed by atoms with E-state index in [1.165, 1.54) is 30.3 Å². The number of fused-ring (bicyclic) bond motifs is 2. The zero-order valence-electron chi connectivity index (χ0n) is 17.1. The summed E-state index contributed by atoms with van der Waals surface area (Å²) in [6, 6.07) is 12.7. The van der Waals surface area contributed by atoms with Gasteiger partial charge in [0.15, 0.2) is 5.65 Å². The lowest BCUT2D eigenvalue weighted by atomic mass is 10.1. The van der Waals surface area contributed by atoms with Crippen LogP contribution in [0.2, 0.25) is 0 Å². The average molecular weight is 409 g/mol. The number of nitrogens with two attached hydrogens (primary N) is 1. The first-order valence-corrected chi connectivity index (χ1v) is 10.7. The minimum atomic E-state index is 0.630. The van der Waals surface area contributed by atoms with E-state index >= 15 is 0 Å². The number of nitrogens with one attached hydrogen (secondary N) is 2. The molecule has 0 saturated carbocycles. The molecule has 6 rings (SSSR count). The second-order valence-electron chi connectivity index (χ2n) is 8.17. The van der Waals surface area contributed by atoms with E-state index in [0.29, 0.717) is 11.3 Å². The molecule has 154 valence electrons. The van der Waals surface area contributed by atoms with Gasteiger partial charge in [-0.3, -0.25) is 10.1 Å². The molecular weight excluding hydrogens is 386 g/mol. The molecule has 0 radical (unpaired) electrons. The van der Waals surface area contributed by atoms with E-state index in [9.17, 15) is 0 Å². The highest BCUT2D eigenvalue weighted by Crippen LogP contribution is 2.35. The van der Waals surface area contributed by atoms with Crippen molar-refractivity contribution in [3.8, 4) is 22.5 Å². The molecule has 0 atom stereocenters. The maximum atomic E-state index is 5.92. The summed E-state index contributed by atoms with van der Waals surface area (Å²) in [6.07, 6.45) is 9.08. The number of hydrogen-bond donors (Lipinski definition) is 3. The zero-order valence-corrected chi connectivity index (χ0v) is 17.1. The van der Waals surface area contributed by atoms with E-state index in [0.717, 1.165) is 46.5 Å². The van der Waals surface area contributed by atoms with E-state index in [1.54, 1.807) is 12.4 Å². The highest BCUT2D eigenvalue weighted by molar-refractivity contribution is 6.00. The maximum absolute atomic E-state index is 5.92. The predicted molar refractivity (Wildman–Crippen MR) is 125 cm³/mol. The third-order valence-corrected chi connectivity index (χ3v) is 6.11. The number of piperidine rings is 1. The van der Waals surface area contributed by atoms with E-state index in [-0.39, 0.29) is 0 Å². The molecule has 4 aromatic heterocycles. The summed E-state index contributed by atoms with van der Waals surface area (Å²) >= 11 is 0. The molecule has 0 unspecified atom stereocenters. The van der Waals surface area contributed by atoms with Gasteiger partial charge in [0.1, 0.15) is 0 Å². The van der Waals surface area contributed by atoms with Gasteiger partial charge >= 0.3 is 0 Å². The molecule has 0 aliphatic carbocycles. The molecule has 7 heteroatoms. The van der Waals surface area contributed by atoms with Crippen molar-refractivity contribution in [2.45, 2.75) is 19.3 Å². The predicted octanol–water partition coefficient (Wildman–Crippen LogP) is 4.74. The average Bonchev–Trinajstić information content (AvgIpc) is 3.43. The molecule has 1 aromatic carbocycles. The van der Waals surface area contributed by atoms with Crippen LogP contribution < -0.4 is 10.6 Å². The summed E-state index contributed by atoms with van der Waals surface area (Å²) in [5, 5.41) is 9.81. The Morgan fingerprint density at radius 1 is 0.903 bits per heavy atom. The first-order valence-electron chi connectivity index (χ1n) is 10.7.